The molecule has 1 heterocycles. The molecule has 1 aromatic carbocycles. The van der Waals surface area contributed by atoms with E-state index in [1.807, 2.05) is 36.6 Å². The number of carbonyl (C=O) groups is 1. The van der Waals surface area contributed by atoms with Crippen LogP contribution in [-0.4, -0.2) is 28.0 Å². The third-order valence-corrected chi connectivity index (χ3v) is 5.09. The van der Waals surface area contributed by atoms with E-state index in [1.54, 1.807) is 23.8 Å². The lowest BCUT2D eigenvalue weighted by atomic mass is 10.2. The summed E-state index contributed by atoms with van der Waals surface area (Å²) in [4.78, 5) is 16.8. The fourth-order valence-corrected chi connectivity index (χ4v) is 3.07. The van der Waals surface area contributed by atoms with E-state index in [0.29, 0.717) is 13.1 Å². The van der Waals surface area contributed by atoms with E-state index in [0.717, 1.165) is 15.5 Å². The molecular weight excluding hydrogens is 318 g/mol. The van der Waals surface area contributed by atoms with Gasteiger partial charge in [-0.3, -0.25) is 4.21 Å². The van der Waals surface area contributed by atoms with Crippen LogP contribution in [0.2, 0.25) is 0 Å². The number of benzene rings is 1. The van der Waals surface area contributed by atoms with Gasteiger partial charge in [-0.2, -0.15) is 0 Å². The SMILES string of the molecule is C[C@H](CNC(=O)NCc1ccc([S@](C)=O)cc1)c1nccs1. The number of hydrogen-bond donors (Lipinski definition) is 2. The molecular formula is C15H19N3O2S2. The Morgan fingerprint density at radius 3 is 2.64 bits per heavy atom. The van der Waals surface area contributed by atoms with E-state index in [9.17, 15) is 9.00 Å². The van der Waals surface area contributed by atoms with Gasteiger partial charge in [0.2, 0.25) is 0 Å². The molecule has 2 atom stereocenters. The van der Waals surface area contributed by atoms with Crippen LogP contribution in [0.1, 0.15) is 23.4 Å². The molecule has 0 bridgehead atoms. The Labute approximate surface area is 136 Å². The molecule has 0 aliphatic heterocycles. The van der Waals surface area contributed by atoms with Gasteiger partial charge in [0.1, 0.15) is 0 Å². The van der Waals surface area contributed by atoms with E-state index >= 15 is 0 Å². The van der Waals surface area contributed by atoms with E-state index in [4.69, 9.17) is 0 Å². The zero-order valence-electron chi connectivity index (χ0n) is 12.5. The molecule has 0 unspecified atom stereocenters. The summed E-state index contributed by atoms with van der Waals surface area (Å²) in [5.41, 5.74) is 0.970. The number of amides is 2. The zero-order valence-corrected chi connectivity index (χ0v) is 14.2. The minimum Gasteiger partial charge on any atom is -0.337 e. The molecule has 118 valence electrons. The highest BCUT2D eigenvalue weighted by atomic mass is 32.2. The fourth-order valence-electron chi connectivity index (χ4n) is 1.85. The second kappa shape index (κ2) is 8.05. The van der Waals surface area contributed by atoms with Crippen LogP contribution in [0.25, 0.3) is 0 Å². The molecule has 0 spiro atoms. The Morgan fingerprint density at radius 1 is 1.32 bits per heavy atom. The van der Waals surface area contributed by atoms with Gasteiger partial charge in [0.25, 0.3) is 0 Å². The maximum absolute atomic E-state index is 11.8. The first-order chi connectivity index (χ1) is 10.6. The summed E-state index contributed by atoms with van der Waals surface area (Å²) in [6.07, 6.45) is 3.41. The van der Waals surface area contributed by atoms with Crippen LogP contribution >= 0.6 is 11.3 Å². The van der Waals surface area contributed by atoms with Crippen molar-refractivity contribution in [1.82, 2.24) is 15.6 Å². The second-order valence-corrected chi connectivity index (χ2v) is 7.24. The number of thiazole rings is 1. The maximum Gasteiger partial charge on any atom is 0.315 e. The van der Waals surface area contributed by atoms with Crippen molar-refractivity contribution < 1.29 is 9.00 Å². The van der Waals surface area contributed by atoms with E-state index < -0.39 is 10.8 Å². The maximum atomic E-state index is 11.8. The molecule has 0 radical (unpaired) electrons. The van der Waals surface area contributed by atoms with Gasteiger partial charge in [-0.1, -0.05) is 19.1 Å². The quantitative estimate of drug-likeness (QED) is 0.851. The lowest BCUT2D eigenvalue weighted by Crippen LogP contribution is -2.37. The highest BCUT2D eigenvalue weighted by molar-refractivity contribution is 7.84. The number of hydrogen-bond acceptors (Lipinski definition) is 4. The first-order valence-corrected chi connectivity index (χ1v) is 9.33. The van der Waals surface area contributed by atoms with Crippen LogP contribution in [-0.2, 0) is 17.3 Å². The molecule has 2 amide bonds. The molecule has 0 saturated heterocycles. The zero-order chi connectivity index (χ0) is 15.9. The lowest BCUT2D eigenvalue weighted by Gasteiger charge is -2.11. The average Bonchev–Trinajstić information content (AvgIpc) is 3.05. The smallest absolute Gasteiger partial charge is 0.315 e. The van der Waals surface area contributed by atoms with Crippen molar-refractivity contribution in [3.8, 4) is 0 Å². The lowest BCUT2D eigenvalue weighted by molar-refractivity contribution is 0.240. The van der Waals surface area contributed by atoms with E-state index in [1.165, 1.54) is 0 Å². The van der Waals surface area contributed by atoms with Gasteiger partial charge in [0.05, 0.1) is 5.01 Å². The van der Waals surface area contributed by atoms with Gasteiger partial charge in [0, 0.05) is 52.5 Å². The molecule has 0 saturated carbocycles. The molecule has 2 rings (SSSR count). The normalized spacial score (nSPS) is 13.4. The highest BCUT2D eigenvalue weighted by Gasteiger charge is 2.09. The molecule has 0 aliphatic rings. The Kier molecular flexibility index (Phi) is 6.09. The van der Waals surface area contributed by atoms with Crippen LogP contribution in [0, 0.1) is 0 Å². The van der Waals surface area contributed by atoms with Crippen LogP contribution in [0.5, 0.6) is 0 Å². The molecule has 2 aromatic rings. The average molecular weight is 337 g/mol. The van der Waals surface area contributed by atoms with Crippen molar-refractivity contribution in [1.29, 1.82) is 0 Å². The van der Waals surface area contributed by atoms with E-state index in [2.05, 4.69) is 15.6 Å². The summed E-state index contributed by atoms with van der Waals surface area (Å²) >= 11 is 1.59. The number of aromatic nitrogens is 1. The largest absolute Gasteiger partial charge is 0.337 e. The number of nitrogens with zero attached hydrogens (tertiary/aromatic N) is 1. The number of carbonyl (C=O) groups excluding carboxylic acids is 1. The van der Waals surface area contributed by atoms with Gasteiger partial charge < -0.3 is 10.6 Å². The standard InChI is InChI=1S/C15H19N3O2S2/c1-11(14-16-7-8-21-14)9-17-15(19)18-10-12-3-5-13(6-4-12)22(2)20/h3-8,11H,9-10H2,1-2H3,(H2,17,18,19)/t11-,22+/m1/s1. The summed E-state index contributed by atoms with van der Waals surface area (Å²) in [5, 5.41) is 8.59. The van der Waals surface area contributed by atoms with Crippen molar-refractivity contribution in [3.63, 3.8) is 0 Å². The van der Waals surface area contributed by atoms with Crippen molar-refractivity contribution in [2.75, 3.05) is 12.8 Å². The molecule has 5 nitrogen and oxygen atoms in total. The monoisotopic (exact) mass is 337 g/mol. The Morgan fingerprint density at radius 2 is 2.05 bits per heavy atom. The Balaban J connectivity index is 1.74. The van der Waals surface area contributed by atoms with Crippen molar-refractivity contribution in [3.05, 3.63) is 46.4 Å². The van der Waals surface area contributed by atoms with Gasteiger partial charge in [-0.25, -0.2) is 9.78 Å². The van der Waals surface area contributed by atoms with Gasteiger partial charge in [-0.15, -0.1) is 11.3 Å². The van der Waals surface area contributed by atoms with Crippen LogP contribution in [0.3, 0.4) is 0 Å². The molecule has 7 heteroatoms. The Hall–Kier alpha value is -1.73. The molecule has 0 fully saturated rings. The second-order valence-electron chi connectivity index (χ2n) is 4.93. The molecule has 22 heavy (non-hydrogen) atoms. The minimum absolute atomic E-state index is 0.199. The van der Waals surface area contributed by atoms with Crippen LogP contribution in [0.15, 0.2) is 40.7 Å². The highest BCUT2D eigenvalue weighted by Crippen LogP contribution is 2.16. The number of nitrogens with one attached hydrogen (secondary N) is 2. The fraction of sp³-hybridized carbons (Fsp3) is 0.333. The summed E-state index contributed by atoms with van der Waals surface area (Å²) in [5.74, 6) is 0.199. The summed E-state index contributed by atoms with van der Waals surface area (Å²) in [7, 11) is -0.978. The predicted octanol–water partition coefficient (Wildman–Crippen LogP) is 2.48. The van der Waals surface area contributed by atoms with E-state index in [-0.39, 0.29) is 11.9 Å². The molecule has 2 N–H and O–H groups in total. The van der Waals surface area contributed by atoms with Crippen molar-refractivity contribution in [2.45, 2.75) is 24.3 Å². The first kappa shape index (κ1) is 16.6. The third-order valence-electron chi connectivity index (χ3n) is 3.15. The molecule has 1 aromatic heterocycles. The van der Waals surface area contributed by atoms with Gasteiger partial charge >= 0.3 is 6.03 Å². The summed E-state index contributed by atoms with van der Waals surface area (Å²) in [6.45, 7) is 3.02. The van der Waals surface area contributed by atoms with Gasteiger partial charge in [0.15, 0.2) is 0 Å². The van der Waals surface area contributed by atoms with Crippen LogP contribution in [0.4, 0.5) is 4.79 Å². The summed E-state index contributed by atoms with van der Waals surface area (Å²) in [6, 6.07) is 7.17. The van der Waals surface area contributed by atoms with Crippen molar-refractivity contribution >= 4 is 28.2 Å². The molecule has 0 aliphatic carbocycles. The Bertz CT molecular complexity index is 627. The summed E-state index contributed by atoms with van der Waals surface area (Å²) < 4.78 is 11.3. The number of urea groups is 1. The third kappa shape index (κ3) is 4.92. The number of rotatable bonds is 6. The van der Waals surface area contributed by atoms with Crippen LogP contribution < -0.4 is 10.6 Å². The minimum atomic E-state index is -0.978. The van der Waals surface area contributed by atoms with Gasteiger partial charge in [-0.05, 0) is 17.7 Å². The first-order valence-electron chi connectivity index (χ1n) is 6.89. The predicted molar refractivity (Wildman–Crippen MR) is 89.5 cm³/mol. The van der Waals surface area contributed by atoms with Crippen molar-refractivity contribution in [2.24, 2.45) is 0 Å². The topological polar surface area (TPSA) is 71.1 Å².